The lowest BCUT2D eigenvalue weighted by Crippen LogP contribution is -2.34. The predicted molar refractivity (Wildman–Crippen MR) is 57.1 cm³/mol. The zero-order valence-electron chi connectivity index (χ0n) is 9.16. The molecule has 86 valence electrons. The fourth-order valence-corrected chi connectivity index (χ4v) is 2.40. The molecule has 0 amide bonds. The van der Waals surface area contributed by atoms with Crippen molar-refractivity contribution in [3.63, 3.8) is 0 Å². The molecule has 4 heteroatoms. The molecule has 1 aromatic rings. The van der Waals surface area contributed by atoms with E-state index >= 15 is 0 Å². The van der Waals surface area contributed by atoms with E-state index in [-0.39, 0.29) is 5.75 Å². The number of phenols is 1. The molecule has 1 aliphatic carbocycles. The lowest BCUT2D eigenvalue weighted by Gasteiger charge is -2.21. The SMILES string of the molecule is COc1ccc(O)c2c1OC1(CCCC1)O2. The first-order valence-corrected chi connectivity index (χ1v) is 5.52. The Bertz CT molecular complexity index is 421. The summed E-state index contributed by atoms with van der Waals surface area (Å²) in [5, 5.41) is 9.73. The van der Waals surface area contributed by atoms with Crippen molar-refractivity contribution in [1.82, 2.24) is 0 Å². The van der Waals surface area contributed by atoms with Crippen LogP contribution in [-0.4, -0.2) is 18.0 Å². The lowest BCUT2D eigenvalue weighted by atomic mass is 10.2. The monoisotopic (exact) mass is 222 g/mol. The maximum atomic E-state index is 9.73. The van der Waals surface area contributed by atoms with Crippen LogP contribution in [0.1, 0.15) is 25.7 Å². The van der Waals surface area contributed by atoms with Crippen LogP contribution in [0.4, 0.5) is 0 Å². The summed E-state index contributed by atoms with van der Waals surface area (Å²) in [6.45, 7) is 0. The van der Waals surface area contributed by atoms with Crippen molar-refractivity contribution in [2.75, 3.05) is 7.11 Å². The third-order valence-corrected chi connectivity index (χ3v) is 3.22. The first-order valence-electron chi connectivity index (χ1n) is 5.52. The summed E-state index contributed by atoms with van der Waals surface area (Å²) >= 11 is 0. The summed E-state index contributed by atoms with van der Waals surface area (Å²) in [5.74, 6) is 1.11. The molecule has 2 aliphatic rings. The Morgan fingerprint density at radius 1 is 1.19 bits per heavy atom. The molecule has 3 rings (SSSR count). The van der Waals surface area contributed by atoms with Crippen molar-refractivity contribution in [2.45, 2.75) is 31.5 Å². The highest BCUT2D eigenvalue weighted by Gasteiger charge is 2.46. The normalized spacial score (nSPS) is 20.3. The van der Waals surface area contributed by atoms with Gasteiger partial charge >= 0.3 is 0 Å². The molecule has 16 heavy (non-hydrogen) atoms. The topological polar surface area (TPSA) is 47.9 Å². The summed E-state index contributed by atoms with van der Waals surface area (Å²) in [6.07, 6.45) is 3.92. The van der Waals surface area contributed by atoms with Gasteiger partial charge in [0.05, 0.1) is 7.11 Å². The number of hydrogen-bond donors (Lipinski definition) is 1. The summed E-state index contributed by atoms with van der Waals surface area (Å²) in [5.41, 5.74) is 0. The number of rotatable bonds is 1. The van der Waals surface area contributed by atoms with Crippen molar-refractivity contribution < 1.29 is 19.3 Å². The summed E-state index contributed by atoms with van der Waals surface area (Å²) in [4.78, 5) is 0. The maximum absolute atomic E-state index is 9.73. The van der Waals surface area contributed by atoms with Crippen LogP contribution in [0, 0.1) is 0 Å². The molecule has 0 saturated heterocycles. The van der Waals surface area contributed by atoms with E-state index in [1.807, 2.05) is 0 Å². The van der Waals surface area contributed by atoms with Gasteiger partial charge in [-0.3, -0.25) is 0 Å². The Kier molecular flexibility index (Phi) is 1.93. The van der Waals surface area contributed by atoms with E-state index in [2.05, 4.69) is 0 Å². The Balaban J connectivity index is 2.04. The van der Waals surface area contributed by atoms with E-state index in [4.69, 9.17) is 14.2 Å². The maximum Gasteiger partial charge on any atom is 0.252 e. The summed E-state index contributed by atoms with van der Waals surface area (Å²) in [7, 11) is 1.58. The number of aromatic hydroxyl groups is 1. The summed E-state index contributed by atoms with van der Waals surface area (Å²) in [6, 6.07) is 3.25. The van der Waals surface area contributed by atoms with Gasteiger partial charge in [-0.1, -0.05) is 0 Å². The van der Waals surface area contributed by atoms with Crippen LogP contribution in [0.2, 0.25) is 0 Å². The minimum absolute atomic E-state index is 0.111. The lowest BCUT2D eigenvalue weighted by molar-refractivity contribution is -0.0729. The van der Waals surface area contributed by atoms with Gasteiger partial charge in [-0.25, -0.2) is 0 Å². The smallest absolute Gasteiger partial charge is 0.252 e. The van der Waals surface area contributed by atoms with E-state index in [0.29, 0.717) is 17.2 Å². The standard InChI is InChI=1S/C12H14O4/c1-14-9-5-4-8(13)10-11(9)16-12(15-10)6-2-3-7-12/h4-5,13H,2-3,6-7H2,1H3. The average molecular weight is 222 g/mol. The van der Waals surface area contributed by atoms with Crippen LogP contribution in [0.25, 0.3) is 0 Å². The molecular weight excluding hydrogens is 208 g/mol. The zero-order valence-corrected chi connectivity index (χ0v) is 9.16. The minimum Gasteiger partial charge on any atom is -0.504 e. The molecule has 0 radical (unpaired) electrons. The minimum atomic E-state index is -0.561. The highest BCUT2D eigenvalue weighted by molar-refractivity contribution is 5.60. The van der Waals surface area contributed by atoms with Crippen molar-refractivity contribution in [1.29, 1.82) is 0 Å². The molecule has 1 fully saturated rings. The van der Waals surface area contributed by atoms with E-state index in [0.717, 1.165) is 25.7 Å². The number of ether oxygens (including phenoxy) is 3. The largest absolute Gasteiger partial charge is 0.504 e. The van der Waals surface area contributed by atoms with Gasteiger partial charge in [0.1, 0.15) is 0 Å². The molecule has 1 spiro atoms. The van der Waals surface area contributed by atoms with E-state index < -0.39 is 5.79 Å². The summed E-state index contributed by atoms with van der Waals surface area (Å²) < 4.78 is 16.8. The molecule has 4 nitrogen and oxygen atoms in total. The molecule has 0 unspecified atom stereocenters. The van der Waals surface area contributed by atoms with Gasteiger partial charge in [0.15, 0.2) is 11.5 Å². The number of hydrogen-bond acceptors (Lipinski definition) is 4. The molecule has 1 N–H and O–H groups in total. The van der Waals surface area contributed by atoms with E-state index in [1.54, 1.807) is 19.2 Å². The number of methoxy groups -OCH3 is 1. The Labute approximate surface area is 93.7 Å². The van der Waals surface area contributed by atoms with Gasteiger partial charge in [0.25, 0.3) is 5.79 Å². The fraction of sp³-hybridized carbons (Fsp3) is 0.500. The average Bonchev–Trinajstić information content (AvgIpc) is 2.88. The highest BCUT2D eigenvalue weighted by Crippen LogP contribution is 2.54. The van der Waals surface area contributed by atoms with Crippen LogP contribution in [0.5, 0.6) is 23.0 Å². The van der Waals surface area contributed by atoms with Gasteiger partial charge in [0.2, 0.25) is 11.5 Å². The van der Waals surface area contributed by atoms with Gasteiger partial charge in [-0.2, -0.15) is 0 Å². The second kappa shape index (κ2) is 3.20. The van der Waals surface area contributed by atoms with Crippen LogP contribution in [0.15, 0.2) is 12.1 Å². The molecule has 1 saturated carbocycles. The van der Waals surface area contributed by atoms with Crippen molar-refractivity contribution in [3.05, 3.63) is 12.1 Å². The molecule has 1 aliphatic heterocycles. The van der Waals surface area contributed by atoms with Crippen LogP contribution >= 0.6 is 0 Å². The molecule has 0 aromatic heterocycles. The van der Waals surface area contributed by atoms with E-state index in [1.165, 1.54) is 0 Å². The Morgan fingerprint density at radius 2 is 1.88 bits per heavy atom. The Hall–Kier alpha value is -1.58. The molecule has 0 atom stereocenters. The molecule has 1 heterocycles. The van der Waals surface area contributed by atoms with Crippen LogP contribution in [0.3, 0.4) is 0 Å². The van der Waals surface area contributed by atoms with Gasteiger partial charge in [-0.05, 0) is 25.0 Å². The molecular formula is C12H14O4. The second-order valence-corrected chi connectivity index (χ2v) is 4.27. The number of benzene rings is 1. The van der Waals surface area contributed by atoms with Crippen molar-refractivity contribution in [2.24, 2.45) is 0 Å². The van der Waals surface area contributed by atoms with Crippen LogP contribution < -0.4 is 14.2 Å². The fourth-order valence-electron chi connectivity index (χ4n) is 2.40. The number of phenolic OH excluding ortho intramolecular Hbond substituents is 1. The van der Waals surface area contributed by atoms with E-state index in [9.17, 15) is 5.11 Å². The zero-order chi connectivity index (χ0) is 11.2. The van der Waals surface area contributed by atoms with Gasteiger partial charge in [0, 0.05) is 12.8 Å². The van der Waals surface area contributed by atoms with Gasteiger partial charge in [-0.15, -0.1) is 0 Å². The molecule has 1 aromatic carbocycles. The van der Waals surface area contributed by atoms with Crippen LogP contribution in [-0.2, 0) is 0 Å². The quantitative estimate of drug-likeness (QED) is 0.792. The third-order valence-electron chi connectivity index (χ3n) is 3.22. The van der Waals surface area contributed by atoms with Crippen molar-refractivity contribution in [3.8, 4) is 23.0 Å². The Morgan fingerprint density at radius 3 is 2.56 bits per heavy atom. The number of fused-ring (bicyclic) bond motifs is 1. The molecule has 0 bridgehead atoms. The second-order valence-electron chi connectivity index (χ2n) is 4.27. The first-order chi connectivity index (χ1) is 7.74. The van der Waals surface area contributed by atoms with Gasteiger partial charge < -0.3 is 19.3 Å². The van der Waals surface area contributed by atoms with Crippen molar-refractivity contribution >= 4 is 0 Å². The predicted octanol–water partition coefficient (Wildman–Crippen LogP) is 2.44. The first kappa shape index (κ1) is 9.63. The highest BCUT2D eigenvalue weighted by atomic mass is 16.7. The third kappa shape index (κ3) is 1.22.